The van der Waals surface area contributed by atoms with E-state index in [1.807, 2.05) is 0 Å². The van der Waals surface area contributed by atoms with Gasteiger partial charge in [-0.2, -0.15) is 0 Å². The highest BCUT2D eigenvalue weighted by atomic mass is 32.2. The van der Waals surface area contributed by atoms with Crippen LogP contribution in [0.15, 0.2) is 0 Å². The topological polar surface area (TPSA) is 102 Å². The molecule has 2 aliphatic rings. The summed E-state index contributed by atoms with van der Waals surface area (Å²) in [6.45, 7) is 2.23. The lowest BCUT2D eigenvalue weighted by Gasteiger charge is -2.31. The van der Waals surface area contributed by atoms with Gasteiger partial charge in [-0.3, -0.25) is 4.79 Å². The van der Waals surface area contributed by atoms with Gasteiger partial charge in [-0.05, 0) is 25.7 Å². The Morgan fingerprint density at radius 1 is 1.33 bits per heavy atom. The van der Waals surface area contributed by atoms with Crippen molar-refractivity contribution in [3.8, 4) is 0 Å². The molecule has 122 valence electrons. The van der Waals surface area contributed by atoms with Crippen LogP contribution in [0.5, 0.6) is 0 Å². The number of hydrogen-bond acceptors (Lipinski definition) is 5. The highest BCUT2D eigenvalue weighted by Crippen LogP contribution is 2.22. The summed E-state index contributed by atoms with van der Waals surface area (Å²) in [6, 6.07) is 0. The predicted octanol–water partition coefficient (Wildman–Crippen LogP) is -0.718. The largest absolute Gasteiger partial charge is 0.377 e. The first kappa shape index (κ1) is 16.7. The Bertz CT molecular complexity index is 448. The Morgan fingerprint density at radius 2 is 2.14 bits per heavy atom. The Labute approximate surface area is 126 Å². The minimum atomic E-state index is -3.35. The lowest BCUT2D eigenvalue weighted by Crippen LogP contribution is -2.47. The molecular formula is C13H25N3O4S. The third-order valence-electron chi connectivity index (χ3n) is 4.01. The number of ether oxygens (including phenoxy) is 1. The smallest absolute Gasteiger partial charge is 0.224 e. The van der Waals surface area contributed by atoms with Crippen molar-refractivity contribution < 1.29 is 17.9 Å². The highest BCUT2D eigenvalue weighted by Gasteiger charge is 2.34. The van der Waals surface area contributed by atoms with Gasteiger partial charge in [0.25, 0.3) is 0 Å². The summed E-state index contributed by atoms with van der Waals surface area (Å²) < 4.78 is 31.7. The van der Waals surface area contributed by atoms with Crippen molar-refractivity contribution in [2.24, 2.45) is 11.7 Å². The molecule has 0 aromatic heterocycles. The fourth-order valence-corrected chi connectivity index (χ4v) is 4.62. The van der Waals surface area contributed by atoms with Gasteiger partial charge < -0.3 is 15.8 Å². The number of sulfonamides is 1. The normalized spacial score (nSPS) is 27.7. The molecule has 21 heavy (non-hydrogen) atoms. The number of amides is 1. The van der Waals surface area contributed by atoms with Crippen LogP contribution in [-0.2, 0) is 19.6 Å². The second kappa shape index (κ2) is 7.53. The molecule has 0 aromatic rings. The third-order valence-corrected chi connectivity index (χ3v) is 5.92. The van der Waals surface area contributed by atoms with E-state index in [9.17, 15) is 13.2 Å². The van der Waals surface area contributed by atoms with Crippen molar-refractivity contribution in [3.05, 3.63) is 0 Å². The fraction of sp³-hybridized carbons (Fsp3) is 0.923. The Hall–Kier alpha value is -0.700. The summed E-state index contributed by atoms with van der Waals surface area (Å²) in [6.07, 6.45) is 2.97. The maximum Gasteiger partial charge on any atom is 0.224 e. The monoisotopic (exact) mass is 319 g/mol. The Balaban J connectivity index is 1.91. The SMILES string of the molecule is NCCNC(=O)C1CCCN(S(=O)(=O)CC2CCCO2)C1. The number of carbonyl (C=O) groups is 1. The van der Waals surface area contributed by atoms with Crippen LogP contribution in [0.25, 0.3) is 0 Å². The molecule has 2 atom stereocenters. The van der Waals surface area contributed by atoms with Gasteiger partial charge in [-0.25, -0.2) is 12.7 Å². The van der Waals surface area contributed by atoms with Gasteiger partial charge in [0, 0.05) is 32.8 Å². The maximum absolute atomic E-state index is 12.4. The van der Waals surface area contributed by atoms with Gasteiger partial charge in [0.1, 0.15) is 0 Å². The van der Waals surface area contributed by atoms with E-state index in [0.29, 0.717) is 32.7 Å². The second-order valence-corrected chi connectivity index (χ2v) is 7.70. The lowest BCUT2D eigenvalue weighted by atomic mass is 9.99. The Kier molecular flexibility index (Phi) is 5.98. The molecular weight excluding hydrogens is 294 g/mol. The molecule has 0 aromatic carbocycles. The number of carbonyl (C=O) groups excluding carboxylic acids is 1. The molecule has 3 N–H and O–H groups in total. The van der Waals surface area contributed by atoms with E-state index in [4.69, 9.17) is 10.5 Å². The Morgan fingerprint density at radius 3 is 2.81 bits per heavy atom. The molecule has 2 saturated heterocycles. The zero-order chi connectivity index (χ0) is 15.3. The van der Waals surface area contributed by atoms with Crippen LogP contribution >= 0.6 is 0 Å². The van der Waals surface area contributed by atoms with Gasteiger partial charge in [0.15, 0.2) is 0 Å². The quantitative estimate of drug-likeness (QED) is 0.673. The zero-order valence-electron chi connectivity index (χ0n) is 12.3. The van der Waals surface area contributed by atoms with Crippen LogP contribution in [0, 0.1) is 5.92 Å². The number of nitrogens with one attached hydrogen (secondary N) is 1. The average molecular weight is 319 g/mol. The van der Waals surface area contributed by atoms with E-state index in [1.54, 1.807) is 0 Å². The van der Waals surface area contributed by atoms with Gasteiger partial charge in [-0.15, -0.1) is 0 Å². The first-order valence-electron chi connectivity index (χ1n) is 7.60. The van der Waals surface area contributed by atoms with Gasteiger partial charge >= 0.3 is 0 Å². The number of piperidine rings is 1. The van der Waals surface area contributed by atoms with Crippen molar-refractivity contribution in [1.29, 1.82) is 0 Å². The van der Waals surface area contributed by atoms with E-state index < -0.39 is 10.0 Å². The van der Waals surface area contributed by atoms with E-state index in [0.717, 1.165) is 19.3 Å². The molecule has 2 heterocycles. The van der Waals surface area contributed by atoms with Gasteiger partial charge in [0.05, 0.1) is 17.8 Å². The molecule has 2 aliphatic heterocycles. The van der Waals surface area contributed by atoms with Gasteiger partial charge in [-0.1, -0.05) is 0 Å². The van der Waals surface area contributed by atoms with E-state index in [-0.39, 0.29) is 30.2 Å². The van der Waals surface area contributed by atoms with Crippen LogP contribution < -0.4 is 11.1 Å². The number of nitrogens with zero attached hydrogens (tertiary/aromatic N) is 1. The number of nitrogens with two attached hydrogens (primary N) is 1. The highest BCUT2D eigenvalue weighted by molar-refractivity contribution is 7.89. The number of hydrogen-bond donors (Lipinski definition) is 2. The summed E-state index contributed by atoms with van der Waals surface area (Å²) >= 11 is 0. The molecule has 2 rings (SSSR count). The minimum absolute atomic E-state index is 0.0319. The first-order valence-corrected chi connectivity index (χ1v) is 9.21. The summed E-state index contributed by atoms with van der Waals surface area (Å²) in [4.78, 5) is 12.0. The van der Waals surface area contributed by atoms with Crippen molar-refractivity contribution in [2.45, 2.75) is 31.8 Å². The molecule has 0 aliphatic carbocycles. The molecule has 0 bridgehead atoms. The fourth-order valence-electron chi connectivity index (χ4n) is 2.86. The third kappa shape index (κ3) is 4.64. The summed E-state index contributed by atoms with van der Waals surface area (Å²) in [7, 11) is -3.35. The molecule has 8 heteroatoms. The molecule has 2 fully saturated rings. The van der Waals surface area contributed by atoms with Crippen molar-refractivity contribution in [2.75, 3.05) is 38.5 Å². The summed E-state index contributed by atoms with van der Waals surface area (Å²) in [5.74, 6) is -0.341. The van der Waals surface area contributed by atoms with E-state index in [2.05, 4.69) is 5.32 Å². The lowest BCUT2D eigenvalue weighted by molar-refractivity contribution is -0.126. The van der Waals surface area contributed by atoms with E-state index >= 15 is 0 Å². The molecule has 0 radical (unpaired) electrons. The van der Waals surface area contributed by atoms with Crippen LogP contribution in [0.2, 0.25) is 0 Å². The summed E-state index contributed by atoms with van der Waals surface area (Å²) in [5, 5.41) is 2.74. The maximum atomic E-state index is 12.4. The summed E-state index contributed by atoms with van der Waals surface area (Å²) in [5.41, 5.74) is 5.36. The van der Waals surface area contributed by atoms with Crippen molar-refractivity contribution in [1.82, 2.24) is 9.62 Å². The van der Waals surface area contributed by atoms with Crippen LogP contribution in [0.1, 0.15) is 25.7 Å². The molecule has 0 spiro atoms. The molecule has 1 amide bonds. The van der Waals surface area contributed by atoms with Crippen molar-refractivity contribution >= 4 is 15.9 Å². The zero-order valence-corrected chi connectivity index (χ0v) is 13.1. The predicted molar refractivity (Wildman–Crippen MR) is 79.1 cm³/mol. The molecule has 7 nitrogen and oxygen atoms in total. The molecule has 0 saturated carbocycles. The van der Waals surface area contributed by atoms with Crippen LogP contribution in [-0.4, -0.2) is 63.3 Å². The van der Waals surface area contributed by atoms with Crippen LogP contribution in [0.4, 0.5) is 0 Å². The second-order valence-electron chi connectivity index (χ2n) is 5.69. The van der Waals surface area contributed by atoms with Gasteiger partial charge in [0.2, 0.25) is 15.9 Å². The first-order chi connectivity index (χ1) is 10.0. The standard InChI is InChI=1S/C13H25N3O4S/c14-5-6-15-13(17)11-3-1-7-16(9-11)21(18,19)10-12-4-2-8-20-12/h11-12H,1-10,14H2,(H,15,17). The average Bonchev–Trinajstić information content (AvgIpc) is 2.97. The van der Waals surface area contributed by atoms with Crippen LogP contribution in [0.3, 0.4) is 0 Å². The number of rotatable bonds is 6. The molecule has 2 unspecified atom stereocenters. The minimum Gasteiger partial charge on any atom is -0.377 e. The van der Waals surface area contributed by atoms with Crippen molar-refractivity contribution in [3.63, 3.8) is 0 Å². The van der Waals surface area contributed by atoms with E-state index in [1.165, 1.54) is 4.31 Å².